The highest BCUT2D eigenvalue weighted by Gasteiger charge is 2.40. The molecular formula is C20H20N4O3. The summed E-state index contributed by atoms with van der Waals surface area (Å²) in [4.78, 5) is 26.8. The van der Waals surface area contributed by atoms with Gasteiger partial charge in [-0.3, -0.25) is 14.7 Å². The standard InChI is InChI=1S/C20H20N4O3/c1-20(2)19(26)24(16-5-3-4-6-17(16)27-20)10-9-18(25)22-14-8-7-13-12-21-23-15(13)11-14/h3-8,11-12H,9-10H2,1-2H3,(H,21,23)(H,22,25). The molecule has 2 aromatic carbocycles. The van der Waals surface area contributed by atoms with Crippen LogP contribution in [-0.4, -0.2) is 34.2 Å². The van der Waals surface area contributed by atoms with E-state index in [-0.39, 0.29) is 24.8 Å². The number of aromatic nitrogens is 2. The summed E-state index contributed by atoms with van der Waals surface area (Å²) >= 11 is 0. The number of hydrogen-bond acceptors (Lipinski definition) is 4. The molecule has 0 atom stereocenters. The molecule has 138 valence electrons. The number of H-pyrrole nitrogens is 1. The zero-order valence-corrected chi connectivity index (χ0v) is 15.2. The van der Waals surface area contributed by atoms with Crippen LogP contribution >= 0.6 is 0 Å². The summed E-state index contributed by atoms with van der Waals surface area (Å²) in [6.45, 7) is 3.75. The predicted molar refractivity (Wildman–Crippen MR) is 103 cm³/mol. The first kappa shape index (κ1) is 17.1. The Morgan fingerprint density at radius 1 is 1.26 bits per heavy atom. The minimum absolute atomic E-state index is 0.159. The van der Waals surface area contributed by atoms with E-state index < -0.39 is 5.60 Å². The monoisotopic (exact) mass is 364 g/mol. The normalized spacial score (nSPS) is 15.3. The van der Waals surface area contributed by atoms with Crippen molar-refractivity contribution >= 4 is 34.1 Å². The van der Waals surface area contributed by atoms with Crippen molar-refractivity contribution in [3.63, 3.8) is 0 Å². The summed E-state index contributed by atoms with van der Waals surface area (Å²) in [7, 11) is 0. The molecule has 0 saturated heterocycles. The van der Waals surface area contributed by atoms with E-state index in [1.807, 2.05) is 42.5 Å². The number of benzene rings is 2. The Hall–Kier alpha value is -3.35. The van der Waals surface area contributed by atoms with Crippen LogP contribution in [0.2, 0.25) is 0 Å². The number of carbonyl (C=O) groups is 2. The van der Waals surface area contributed by atoms with Gasteiger partial charge in [-0.15, -0.1) is 0 Å². The molecule has 7 heteroatoms. The lowest BCUT2D eigenvalue weighted by atomic mass is 10.0. The maximum Gasteiger partial charge on any atom is 0.270 e. The number of nitrogens with one attached hydrogen (secondary N) is 2. The second kappa shape index (κ2) is 6.42. The SMILES string of the molecule is CC1(C)Oc2ccccc2N(CCC(=O)Nc2ccc3cn[nH]c3c2)C1=O. The Bertz CT molecular complexity index is 1020. The average Bonchev–Trinajstić information content (AvgIpc) is 3.09. The van der Waals surface area contributed by atoms with E-state index in [0.29, 0.717) is 17.1 Å². The summed E-state index contributed by atoms with van der Waals surface area (Å²) in [5.74, 6) is 0.323. The number of carbonyl (C=O) groups excluding carboxylic acids is 2. The summed E-state index contributed by atoms with van der Waals surface area (Å²) in [6, 6.07) is 12.9. The van der Waals surface area contributed by atoms with Crippen LogP contribution in [0, 0.1) is 0 Å². The van der Waals surface area contributed by atoms with Crippen molar-refractivity contribution in [1.29, 1.82) is 0 Å². The number of aromatic amines is 1. The van der Waals surface area contributed by atoms with Gasteiger partial charge in [0.15, 0.2) is 5.60 Å². The number of anilines is 2. The molecule has 4 rings (SSSR count). The second-order valence-electron chi connectivity index (χ2n) is 7.01. The molecule has 0 saturated carbocycles. The van der Waals surface area contributed by atoms with E-state index in [2.05, 4.69) is 15.5 Å². The second-order valence-corrected chi connectivity index (χ2v) is 7.01. The topological polar surface area (TPSA) is 87.3 Å². The number of amides is 2. The summed E-state index contributed by atoms with van der Waals surface area (Å²) in [5.41, 5.74) is 1.27. The molecule has 0 radical (unpaired) electrons. The molecule has 1 aromatic heterocycles. The lowest BCUT2D eigenvalue weighted by molar-refractivity contribution is -0.132. The van der Waals surface area contributed by atoms with Gasteiger partial charge in [0.25, 0.3) is 5.91 Å². The Kier molecular flexibility index (Phi) is 4.07. The van der Waals surface area contributed by atoms with Gasteiger partial charge in [0, 0.05) is 24.0 Å². The van der Waals surface area contributed by atoms with Crippen LogP contribution in [0.3, 0.4) is 0 Å². The average molecular weight is 364 g/mol. The first-order valence-corrected chi connectivity index (χ1v) is 8.77. The Morgan fingerprint density at radius 3 is 2.93 bits per heavy atom. The number of hydrogen-bond donors (Lipinski definition) is 2. The Morgan fingerprint density at radius 2 is 2.07 bits per heavy atom. The van der Waals surface area contributed by atoms with Crippen LogP contribution in [0.4, 0.5) is 11.4 Å². The largest absolute Gasteiger partial charge is 0.476 e. The predicted octanol–water partition coefficient (Wildman–Crippen LogP) is 3.10. The van der Waals surface area contributed by atoms with Gasteiger partial charge in [0.2, 0.25) is 5.91 Å². The third-order valence-electron chi connectivity index (χ3n) is 4.57. The molecule has 2 amide bonds. The van der Waals surface area contributed by atoms with E-state index in [1.165, 1.54) is 0 Å². The van der Waals surface area contributed by atoms with Crippen molar-refractivity contribution in [2.75, 3.05) is 16.8 Å². The van der Waals surface area contributed by atoms with E-state index >= 15 is 0 Å². The van der Waals surface area contributed by atoms with Crippen LogP contribution in [-0.2, 0) is 9.59 Å². The Balaban J connectivity index is 1.47. The van der Waals surface area contributed by atoms with Crippen LogP contribution in [0.15, 0.2) is 48.7 Å². The number of para-hydroxylation sites is 2. The smallest absolute Gasteiger partial charge is 0.270 e. The Labute approximate surface area is 156 Å². The van der Waals surface area contributed by atoms with Crippen molar-refractivity contribution in [2.24, 2.45) is 0 Å². The molecule has 2 heterocycles. The zero-order valence-electron chi connectivity index (χ0n) is 15.2. The molecule has 7 nitrogen and oxygen atoms in total. The number of ether oxygens (including phenoxy) is 1. The fraction of sp³-hybridized carbons (Fsp3) is 0.250. The number of nitrogens with zero attached hydrogens (tertiary/aromatic N) is 2. The molecule has 27 heavy (non-hydrogen) atoms. The molecular weight excluding hydrogens is 344 g/mol. The van der Waals surface area contributed by atoms with Crippen molar-refractivity contribution in [2.45, 2.75) is 25.9 Å². The van der Waals surface area contributed by atoms with Gasteiger partial charge in [-0.1, -0.05) is 12.1 Å². The lowest BCUT2D eigenvalue weighted by Crippen LogP contribution is -2.53. The molecule has 0 spiro atoms. The fourth-order valence-electron chi connectivity index (χ4n) is 3.19. The molecule has 0 aliphatic carbocycles. The third kappa shape index (κ3) is 3.23. The maximum atomic E-state index is 12.8. The van der Waals surface area contributed by atoms with E-state index in [1.54, 1.807) is 24.9 Å². The third-order valence-corrected chi connectivity index (χ3v) is 4.57. The molecule has 0 fully saturated rings. The highest BCUT2D eigenvalue weighted by atomic mass is 16.5. The lowest BCUT2D eigenvalue weighted by Gasteiger charge is -2.38. The van der Waals surface area contributed by atoms with Crippen molar-refractivity contribution in [3.05, 3.63) is 48.7 Å². The van der Waals surface area contributed by atoms with Gasteiger partial charge in [0.05, 0.1) is 17.4 Å². The first-order valence-electron chi connectivity index (χ1n) is 8.77. The van der Waals surface area contributed by atoms with Crippen LogP contribution in [0.5, 0.6) is 5.75 Å². The highest BCUT2D eigenvalue weighted by molar-refractivity contribution is 6.03. The van der Waals surface area contributed by atoms with Crippen molar-refractivity contribution in [3.8, 4) is 5.75 Å². The van der Waals surface area contributed by atoms with Crippen LogP contribution < -0.4 is 15.0 Å². The molecule has 1 aliphatic rings. The summed E-state index contributed by atoms with van der Waals surface area (Å²) in [6.07, 6.45) is 1.90. The van der Waals surface area contributed by atoms with Crippen LogP contribution in [0.1, 0.15) is 20.3 Å². The molecule has 0 unspecified atom stereocenters. The summed E-state index contributed by atoms with van der Waals surface area (Å²) < 4.78 is 5.80. The minimum Gasteiger partial charge on any atom is -0.476 e. The van der Waals surface area contributed by atoms with E-state index in [9.17, 15) is 9.59 Å². The summed E-state index contributed by atoms with van der Waals surface area (Å²) in [5, 5.41) is 10.7. The molecule has 3 aromatic rings. The van der Waals surface area contributed by atoms with E-state index in [4.69, 9.17) is 4.74 Å². The fourth-order valence-corrected chi connectivity index (χ4v) is 3.19. The van der Waals surface area contributed by atoms with Crippen molar-refractivity contribution < 1.29 is 14.3 Å². The molecule has 1 aliphatic heterocycles. The van der Waals surface area contributed by atoms with Gasteiger partial charge in [-0.25, -0.2) is 0 Å². The van der Waals surface area contributed by atoms with Gasteiger partial charge in [-0.2, -0.15) is 5.10 Å². The minimum atomic E-state index is -0.962. The first-order chi connectivity index (χ1) is 12.9. The quantitative estimate of drug-likeness (QED) is 0.745. The van der Waals surface area contributed by atoms with E-state index in [0.717, 1.165) is 10.9 Å². The number of rotatable bonds is 4. The van der Waals surface area contributed by atoms with Crippen LogP contribution in [0.25, 0.3) is 10.9 Å². The van der Waals surface area contributed by atoms with Gasteiger partial charge in [-0.05, 0) is 44.2 Å². The number of fused-ring (bicyclic) bond motifs is 2. The highest BCUT2D eigenvalue weighted by Crippen LogP contribution is 2.37. The maximum absolute atomic E-state index is 12.8. The van der Waals surface area contributed by atoms with Crippen molar-refractivity contribution in [1.82, 2.24) is 10.2 Å². The molecule has 2 N–H and O–H groups in total. The zero-order chi connectivity index (χ0) is 19.0. The van der Waals surface area contributed by atoms with Gasteiger partial charge in [0.1, 0.15) is 5.75 Å². The van der Waals surface area contributed by atoms with Gasteiger partial charge < -0.3 is 15.0 Å². The van der Waals surface area contributed by atoms with Gasteiger partial charge >= 0.3 is 0 Å². The molecule has 0 bridgehead atoms.